The van der Waals surface area contributed by atoms with Gasteiger partial charge < -0.3 is 10.6 Å². The number of rotatable bonds is 6. The van der Waals surface area contributed by atoms with E-state index in [2.05, 4.69) is 15.6 Å². The van der Waals surface area contributed by atoms with E-state index in [1.165, 1.54) is 6.07 Å². The highest BCUT2D eigenvalue weighted by Crippen LogP contribution is 2.32. The molecule has 2 amide bonds. The SMILES string of the molecule is CCC(C)C(=O)Nc1nc2c(s1)C(=O)CC(C(=O)NCc1ccc(F)cc1F)C2. The molecule has 0 bridgehead atoms. The minimum Gasteiger partial charge on any atom is -0.352 e. The molecule has 2 aromatic rings. The van der Waals surface area contributed by atoms with E-state index in [9.17, 15) is 23.2 Å². The van der Waals surface area contributed by atoms with Gasteiger partial charge in [0.25, 0.3) is 0 Å². The summed E-state index contributed by atoms with van der Waals surface area (Å²) in [6.07, 6.45) is 0.965. The molecule has 0 spiro atoms. The van der Waals surface area contributed by atoms with Crippen molar-refractivity contribution in [3.05, 3.63) is 46.0 Å². The van der Waals surface area contributed by atoms with Crippen molar-refractivity contribution in [1.29, 1.82) is 0 Å². The summed E-state index contributed by atoms with van der Waals surface area (Å²) < 4.78 is 26.7. The highest BCUT2D eigenvalue weighted by atomic mass is 32.1. The van der Waals surface area contributed by atoms with Crippen molar-refractivity contribution in [3.63, 3.8) is 0 Å². The number of aromatic nitrogens is 1. The number of nitrogens with zero attached hydrogens (tertiary/aromatic N) is 1. The van der Waals surface area contributed by atoms with Gasteiger partial charge in [0.05, 0.1) is 16.5 Å². The van der Waals surface area contributed by atoms with E-state index in [0.717, 1.165) is 23.5 Å². The molecule has 1 aliphatic carbocycles. The van der Waals surface area contributed by atoms with Crippen LogP contribution >= 0.6 is 11.3 Å². The first-order valence-corrected chi connectivity index (χ1v) is 10.2. The number of carbonyl (C=O) groups is 3. The zero-order chi connectivity index (χ0) is 21.1. The number of hydrogen-bond donors (Lipinski definition) is 2. The Labute approximate surface area is 170 Å². The van der Waals surface area contributed by atoms with Crippen LogP contribution in [0.2, 0.25) is 0 Å². The molecular formula is C20H21F2N3O3S. The monoisotopic (exact) mass is 421 g/mol. The number of hydrogen-bond acceptors (Lipinski definition) is 5. The first-order valence-electron chi connectivity index (χ1n) is 9.33. The molecule has 6 nitrogen and oxygen atoms in total. The first-order chi connectivity index (χ1) is 13.8. The largest absolute Gasteiger partial charge is 0.352 e. The number of fused-ring (bicyclic) bond motifs is 1. The Morgan fingerprint density at radius 3 is 2.76 bits per heavy atom. The molecule has 1 aromatic heterocycles. The maximum atomic E-state index is 13.7. The fourth-order valence-electron chi connectivity index (χ4n) is 2.97. The number of Topliss-reactive ketones (excluding diaryl/α,β-unsaturated/α-hetero) is 1. The van der Waals surface area contributed by atoms with Crippen LogP contribution in [-0.2, 0) is 22.6 Å². The Morgan fingerprint density at radius 1 is 1.31 bits per heavy atom. The molecule has 1 aliphatic rings. The van der Waals surface area contributed by atoms with E-state index in [1.54, 1.807) is 6.92 Å². The zero-order valence-electron chi connectivity index (χ0n) is 16.1. The van der Waals surface area contributed by atoms with Gasteiger partial charge in [-0.2, -0.15) is 0 Å². The lowest BCUT2D eigenvalue weighted by atomic mass is 9.89. The van der Waals surface area contributed by atoms with Gasteiger partial charge in [-0.3, -0.25) is 14.4 Å². The van der Waals surface area contributed by atoms with Crippen molar-refractivity contribution in [1.82, 2.24) is 10.3 Å². The van der Waals surface area contributed by atoms with Crippen LogP contribution in [0.4, 0.5) is 13.9 Å². The van der Waals surface area contributed by atoms with E-state index >= 15 is 0 Å². The second-order valence-corrected chi connectivity index (χ2v) is 8.07. The fourth-order valence-corrected chi connectivity index (χ4v) is 3.92. The van der Waals surface area contributed by atoms with Crippen LogP contribution in [0, 0.1) is 23.5 Å². The highest BCUT2D eigenvalue weighted by Gasteiger charge is 2.33. The standard InChI is InChI=1S/C20H21F2N3O3S/c1-3-10(2)18(27)25-20-24-15-6-12(7-16(26)17(15)29-20)19(28)23-9-11-4-5-13(21)8-14(11)22/h4-5,8,10,12H,3,6-7,9H2,1-2H3,(H,23,28)(H,24,25,27). The van der Waals surface area contributed by atoms with Crippen molar-refractivity contribution in [2.24, 2.45) is 11.8 Å². The number of halogens is 2. The Hall–Kier alpha value is -2.68. The average molecular weight is 421 g/mol. The van der Waals surface area contributed by atoms with Gasteiger partial charge in [0.15, 0.2) is 10.9 Å². The number of amides is 2. The van der Waals surface area contributed by atoms with Gasteiger partial charge in [-0.1, -0.05) is 31.3 Å². The highest BCUT2D eigenvalue weighted by molar-refractivity contribution is 7.17. The summed E-state index contributed by atoms with van der Waals surface area (Å²) in [6, 6.07) is 3.13. The van der Waals surface area contributed by atoms with Crippen LogP contribution in [0.15, 0.2) is 18.2 Å². The topological polar surface area (TPSA) is 88.2 Å². The maximum absolute atomic E-state index is 13.7. The van der Waals surface area contributed by atoms with Crippen LogP contribution in [-0.4, -0.2) is 22.6 Å². The fraction of sp³-hybridized carbons (Fsp3) is 0.400. The molecule has 2 unspecified atom stereocenters. The molecule has 0 fully saturated rings. The van der Waals surface area contributed by atoms with Crippen LogP contribution < -0.4 is 10.6 Å². The average Bonchev–Trinajstić information content (AvgIpc) is 3.09. The first kappa shape index (κ1) is 21.0. The molecule has 0 saturated carbocycles. The van der Waals surface area contributed by atoms with Crippen LogP contribution in [0.5, 0.6) is 0 Å². The minimum absolute atomic E-state index is 0.0195. The number of thiazole rings is 1. The lowest BCUT2D eigenvalue weighted by Gasteiger charge is -2.19. The molecule has 3 rings (SSSR count). The van der Waals surface area contributed by atoms with E-state index in [0.29, 0.717) is 22.1 Å². The summed E-state index contributed by atoms with van der Waals surface area (Å²) in [5, 5.41) is 5.66. The lowest BCUT2D eigenvalue weighted by Crippen LogP contribution is -2.35. The van der Waals surface area contributed by atoms with Crippen molar-refractivity contribution < 1.29 is 23.2 Å². The van der Waals surface area contributed by atoms with Gasteiger partial charge in [-0.05, 0) is 12.5 Å². The van der Waals surface area contributed by atoms with Gasteiger partial charge in [-0.15, -0.1) is 0 Å². The number of ketones is 1. The lowest BCUT2D eigenvalue weighted by molar-refractivity contribution is -0.125. The molecule has 154 valence electrons. The van der Waals surface area contributed by atoms with E-state index < -0.39 is 23.5 Å². The maximum Gasteiger partial charge on any atom is 0.228 e. The van der Waals surface area contributed by atoms with Gasteiger partial charge >= 0.3 is 0 Å². The molecule has 1 heterocycles. The van der Waals surface area contributed by atoms with Crippen LogP contribution in [0.25, 0.3) is 0 Å². The van der Waals surface area contributed by atoms with Crippen LogP contribution in [0.3, 0.4) is 0 Å². The predicted octanol–water partition coefficient (Wildman–Crippen LogP) is 3.47. The van der Waals surface area contributed by atoms with E-state index in [-0.39, 0.29) is 42.6 Å². The summed E-state index contributed by atoms with van der Waals surface area (Å²) in [6.45, 7) is 3.61. The van der Waals surface area contributed by atoms with Gasteiger partial charge in [-0.25, -0.2) is 13.8 Å². The number of carbonyl (C=O) groups excluding carboxylic acids is 3. The summed E-state index contributed by atoms with van der Waals surface area (Å²) in [7, 11) is 0. The van der Waals surface area contributed by atoms with Gasteiger partial charge in [0.2, 0.25) is 11.8 Å². The van der Waals surface area contributed by atoms with Crippen molar-refractivity contribution in [2.45, 2.75) is 39.7 Å². The zero-order valence-corrected chi connectivity index (χ0v) is 16.9. The molecule has 0 radical (unpaired) electrons. The molecule has 2 N–H and O–H groups in total. The molecule has 0 aliphatic heterocycles. The third-order valence-electron chi connectivity index (χ3n) is 4.95. The summed E-state index contributed by atoms with van der Waals surface area (Å²) in [5.74, 6) is -3.00. The summed E-state index contributed by atoms with van der Waals surface area (Å²) >= 11 is 1.12. The Balaban J connectivity index is 1.64. The number of anilines is 1. The minimum atomic E-state index is -0.742. The third kappa shape index (κ3) is 4.84. The summed E-state index contributed by atoms with van der Waals surface area (Å²) in [4.78, 5) is 41.7. The molecular weight excluding hydrogens is 400 g/mol. The van der Waals surface area contributed by atoms with E-state index in [1.807, 2.05) is 6.92 Å². The van der Waals surface area contributed by atoms with Gasteiger partial charge in [0.1, 0.15) is 11.6 Å². The second kappa shape index (κ2) is 8.77. The smallest absolute Gasteiger partial charge is 0.228 e. The predicted molar refractivity (Wildman–Crippen MR) is 105 cm³/mol. The van der Waals surface area contributed by atoms with Crippen molar-refractivity contribution in [3.8, 4) is 0 Å². The summed E-state index contributed by atoms with van der Waals surface area (Å²) in [5.41, 5.74) is 0.644. The molecule has 29 heavy (non-hydrogen) atoms. The van der Waals surface area contributed by atoms with E-state index in [4.69, 9.17) is 0 Å². The molecule has 1 aromatic carbocycles. The van der Waals surface area contributed by atoms with Crippen LogP contribution in [0.1, 0.15) is 47.6 Å². The third-order valence-corrected chi connectivity index (χ3v) is 6.01. The number of nitrogens with one attached hydrogen (secondary N) is 2. The normalized spacial score (nSPS) is 16.8. The number of benzene rings is 1. The van der Waals surface area contributed by atoms with Crippen molar-refractivity contribution in [2.75, 3.05) is 5.32 Å². The Bertz CT molecular complexity index is 960. The van der Waals surface area contributed by atoms with Crippen molar-refractivity contribution >= 4 is 34.1 Å². The molecule has 2 atom stereocenters. The van der Waals surface area contributed by atoms with Gasteiger partial charge in [0, 0.05) is 36.9 Å². The Kier molecular flexibility index (Phi) is 6.36. The second-order valence-electron chi connectivity index (χ2n) is 7.08. The molecule has 9 heteroatoms. The molecule has 0 saturated heterocycles. The quantitative estimate of drug-likeness (QED) is 0.748. The Morgan fingerprint density at radius 2 is 2.07 bits per heavy atom.